The predicted molar refractivity (Wildman–Crippen MR) is 90.7 cm³/mol. The van der Waals surface area contributed by atoms with Gasteiger partial charge in [-0.25, -0.2) is 0 Å². The van der Waals surface area contributed by atoms with E-state index in [1.54, 1.807) is 6.33 Å². The first-order chi connectivity index (χ1) is 11.3. The zero-order chi connectivity index (χ0) is 15.6. The number of nitrogens with one attached hydrogen (secondary N) is 1. The van der Waals surface area contributed by atoms with Crippen LogP contribution in [0.3, 0.4) is 0 Å². The van der Waals surface area contributed by atoms with Crippen LogP contribution in [-0.2, 0) is 0 Å². The highest BCUT2D eigenvalue weighted by Gasteiger charge is 2.26. The van der Waals surface area contributed by atoms with Crippen molar-refractivity contribution in [3.8, 4) is 0 Å². The number of hydrogen-bond donors (Lipinski definition) is 1. The lowest BCUT2D eigenvalue weighted by Crippen LogP contribution is -2.35. The van der Waals surface area contributed by atoms with E-state index in [0.29, 0.717) is 5.92 Å². The summed E-state index contributed by atoms with van der Waals surface area (Å²) in [6.45, 7) is 7.04. The smallest absolute Gasteiger partial charge is 0.200 e. The van der Waals surface area contributed by atoms with Crippen LogP contribution in [0.25, 0.3) is 5.65 Å². The largest absolute Gasteiger partial charge is 0.382 e. The van der Waals surface area contributed by atoms with Crippen molar-refractivity contribution in [1.82, 2.24) is 24.7 Å². The maximum Gasteiger partial charge on any atom is 0.200 e. The Labute approximate surface area is 137 Å². The number of likely N-dealkylation sites (tertiary alicyclic amines) is 1. The van der Waals surface area contributed by atoms with Crippen LogP contribution >= 0.6 is 0 Å². The van der Waals surface area contributed by atoms with Crippen molar-refractivity contribution in [2.24, 2.45) is 5.92 Å². The Morgan fingerprint density at radius 1 is 1.30 bits per heavy atom. The molecule has 2 fully saturated rings. The molecule has 23 heavy (non-hydrogen) atoms. The van der Waals surface area contributed by atoms with Crippen LogP contribution in [0.15, 0.2) is 12.4 Å². The molecule has 4 rings (SSSR count). The van der Waals surface area contributed by atoms with Gasteiger partial charge in [-0.15, -0.1) is 10.2 Å². The second-order valence-corrected chi connectivity index (χ2v) is 7.18. The molecule has 3 heterocycles. The van der Waals surface area contributed by atoms with Crippen LogP contribution in [0.1, 0.15) is 50.6 Å². The van der Waals surface area contributed by atoms with Gasteiger partial charge in [0.05, 0.1) is 11.4 Å². The monoisotopic (exact) mass is 314 g/mol. The molecule has 0 amide bonds. The molecule has 0 radical (unpaired) electrons. The summed E-state index contributed by atoms with van der Waals surface area (Å²) in [6.07, 6.45) is 8.11. The third-order valence-corrected chi connectivity index (χ3v) is 4.99. The van der Waals surface area contributed by atoms with E-state index in [0.717, 1.165) is 30.2 Å². The van der Waals surface area contributed by atoms with Crippen LogP contribution in [-0.4, -0.2) is 50.9 Å². The summed E-state index contributed by atoms with van der Waals surface area (Å²) in [7, 11) is 0. The summed E-state index contributed by atoms with van der Waals surface area (Å²) in [5.41, 5.74) is 3.08. The van der Waals surface area contributed by atoms with Gasteiger partial charge in [-0.1, -0.05) is 6.92 Å². The number of nitrogens with zero attached hydrogens (tertiary/aromatic N) is 5. The van der Waals surface area contributed by atoms with Crippen molar-refractivity contribution in [2.75, 3.05) is 31.5 Å². The number of aromatic nitrogens is 4. The molecule has 2 aromatic heterocycles. The minimum atomic E-state index is 0.636. The highest BCUT2D eigenvalue weighted by molar-refractivity contribution is 5.66. The van der Waals surface area contributed by atoms with E-state index in [1.807, 2.05) is 4.52 Å². The molecule has 0 bridgehead atoms. The Morgan fingerprint density at radius 3 is 3.04 bits per heavy atom. The van der Waals surface area contributed by atoms with Crippen LogP contribution in [0, 0.1) is 5.92 Å². The van der Waals surface area contributed by atoms with Gasteiger partial charge < -0.3 is 10.2 Å². The lowest BCUT2D eigenvalue weighted by molar-refractivity contribution is 0.183. The molecule has 1 saturated carbocycles. The fourth-order valence-corrected chi connectivity index (χ4v) is 3.57. The molecule has 2 aromatic rings. The van der Waals surface area contributed by atoms with Crippen LogP contribution < -0.4 is 5.32 Å². The highest BCUT2D eigenvalue weighted by Crippen LogP contribution is 2.39. The van der Waals surface area contributed by atoms with Crippen molar-refractivity contribution in [3.63, 3.8) is 0 Å². The van der Waals surface area contributed by atoms with Crippen LogP contribution in [0.4, 0.5) is 5.69 Å². The lowest BCUT2D eigenvalue weighted by Gasteiger charge is -2.30. The minimum Gasteiger partial charge on any atom is -0.382 e. The van der Waals surface area contributed by atoms with Gasteiger partial charge in [-0.2, -0.15) is 9.61 Å². The quantitative estimate of drug-likeness (QED) is 0.830. The van der Waals surface area contributed by atoms with Gasteiger partial charge in [0.25, 0.3) is 0 Å². The Balaban J connectivity index is 1.35. The minimum absolute atomic E-state index is 0.636. The zero-order valence-corrected chi connectivity index (χ0v) is 13.9. The van der Waals surface area contributed by atoms with E-state index in [1.165, 1.54) is 51.0 Å². The van der Waals surface area contributed by atoms with Crippen LogP contribution in [0.2, 0.25) is 0 Å². The fourth-order valence-electron chi connectivity index (χ4n) is 3.57. The van der Waals surface area contributed by atoms with E-state index in [9.17, 15) is 0 Å². The number of rotatable bonds is 6. The van der Waals surface area contributed by atoms with E-state index < -0.39 is 0 Å². The van der Waals surface area contributed by atoms with Crippen molar-refractivity contribution >= 4 is 11.3 Å². The summed E-state index contributed by atoms with van der Waals surface area (Å²) in [5.74, 6) is 1.49. The molecule has 6 nitrogen and oxygen atoms in total. The molecular weight excluding hydrogens is 288 g/mol. The van der Waals surface area contributed by atoms with Gasteiger partial charge in [0.2, 0.25) is 5.65 Å². The Hall–Kier alpha value is -1.69. The van der Waals surface area contributed by atoms with Gasteiger partial charge in [-0.05, 0) is 57.2 Å². The second kappa shape index (κ2) is 6.43. The van der Waals surface area contributed by atoms with Gasteiger partial charge in [0.15, 0.2) is 0 Å². The molecule has 1 aliphatic carbocycles. The third kappa shape index (κ3) is 3.47. The normalized spacial score (nSPS) is 22.6. The third-order valence-electron chi connectivity index (χ3n) is 4.99. The predicted octanol–water partition coefficient (Wildman–Crippen LogP) is 2.54. The number of fused-ring (bicyclic) bond motifs is 1. The maximum atomic E-state index is 4.61. The second-order valence-electron chi connectivity index (χ2n) is 7.18. The molecule has 0 aromatic carbocycles. The van der Waals surface area contributed by atoms with E-state index >= 15 is 0 Å². The van der Waals surface area contributed by atoms with Crippen LogP contribution in [0.5, 0.6) is 0 Å². The summed E-state index contributed by atoms with van der Waals surface area (Å²) in [5, 5.41) is 16.4. The first kappa shape index (κ1) is 14.9. The molecule has 0 spiro atoms. The molecule has 1 atom stereocenters. The standard InChI is InChI=1S/C17H26N6/c1-13-4-2-8-22(11-13)9-3-7-18-16-10-15(14-5-6-14)21-23-12-19-20-17(16)23/h10,12-14,18H,2-9,11H2,1H3. The summed E-state index contributed by atoms with van der Waals surface area (Å²) in [4.78, 5) is 2.60. The van der Waals surface area contributed by atoms with Crippen molar-refractivity contribution in [2.45, 2.75) is 44.9 Å². The van der Waals surface area contributed by atoms with E-state index in [-0.39, 0.29) is 0 Å². The topological polar surface area (TPSA) is 58.4 Å². The summed E-state index contributed by atoms with van der Waals surface area (Å²) >= 11 is 0. The fraction of sp³-hybridized carbons (Fsp3) is 0.706. The number of piperidine rings is 1. The summed E-state index contributed by atoms with van der Waals surface area (Å²) in [6, 6.07) is 2.17. The number of hydrogen-bond acceptors (Lipinski definition) is 5. The molecular formula is C17H26N6. The van der Waals surface area contributed by atoms with E-state index in [2.05, 4.69) is 38.5 Å². The van der Waals surface area contributed by atoms with Gasteiger partial charge in [0.1, 0.15) is 6.33 Å². The zero-order valence-electron chi connectivity index (χ0n) is 13.9. The Kier molecular flexibility index (Phi) is 4.16. The molecule has 6 heteroatoms. The van der Waals surface area contributed by atoms with Crippen molar-refractivity contribution in [3.05, 3.63) is 18.1 Å². The first-order valence-electron chi connectivity index (χ1n) is 8.97. The number of anilines is 1. The molecule has 1 aliphatic heterocycles. The average Bonchev–Trinajstić information content (AvgIpc) is 3.29. The maximum absolute atomic E-state index is 4.61. The average molecular weight is 314 g/mol. The molecule has 2 aliphatic rings. The molecule has 1 N–H and O–H groups in total. The molecule has 1 unspecified atom stereocenters. The first-order valence-corrected chi connectivity index (χ1v) is 8.97. The van der Waals surface area contributed by atoms with Crippen molar-refractivity contribution < 1.29 is 0 Å². The SMILES string of the molecule is CC1CCCN(CCCNc2cc(C3CC3)nn3cnnc23)C1. The van der Waals surface area contributed by atoms with Crippen molar-refractivity contribution in [1.29, 1.82) is 0 Å². The molecule has 124 valence electrons. The highest BCUT2D eigenvalue weighted by atomic mass is 15.3. The van der Waals surface area contributed by atoms with Gasteiger partial charge in [-0.3, -0.25) is 0 Å². The lowest BCUT2D eigenvalue weighted by atomic mass is 10.0. The van der Waals surface area contributed by atoms with Gasteiger partial charge in [0, 0.05) is 19.0 Å². The van der Waals surface area contributed by atoms with E-state index in [4.69, 9.17) is 0 Å². The molecule has 1 saturated heterocycles. The van der Waals surface area contributed by atoms with Gasteiger partial charge >= 0.3 is 0 Å². The Bertz CT molecular complexity index is 662. The summed E-state index contributed by atoms with van der Waals surface area (Å²) < 4.78 is 1.81. The Morgan fingerprint density at radius 2 is 2.22 bits per heavy atom.